The number of nitrogens with zero attached hydrogens (tertiary/aromatic N) is 1. The Bertz CT molecular complexity index is 602. The molecule has 0 saturated carbocycles. The average Bonchev–Trinajstić information content (AvgIpc) is 2.61. The topological polar surface area (TPSA) is 47.7 Å². The molecule has 4 heteroatoms. The molecule has 124 valence electrons. The predicted molar refractivity (Wildman–Crippen MR) is 95.4 cm³/mol. The van der Waals surface area contributed by atoms with E-state index in [2.05, 4.69) is 31.0 Å². The third-order valence-electron chi connectivity index (χ3n) is 3.90. The van der Waals surface area contributed by atoms with Gasteiger partial charge < -0.3 is 20.1 Å². The first-order valence-electron chi connectivity index (χ1n) is 8.00. The van der Waals surface area contributed by atoms with Gasteiger partial charge in [0.1, 0.15) is 11.5 Å². The molecule has 0 aromatic heterocycles. The lowest BCUT2D eigenvalue weighted by atomic mass is 10.0. The normalized spacial score (nSPS) is 11.8. The minimum atomic E-state index is 0.0372. The average molecular weight is 314 g/mol. The van der Waals surface area contributed by atoms with Gasteiger partial charge in [-0.05, 0) is 30.7 Å². The number of ether oxygens (including phenoxy) is 2. The van der Waals surface area contributed by atoms with Crippen molar-refractivity contribution in [2.24, 2.45) is 5.73 Å². The van der Waals surface area contributed by atoms with Crippen molar-refractivity contribution in [2.75, 3.05) is 32.2 Å². The molecule has 0 aliphatic rings. The summed E-state index contributed by atoms with van der Waals surface area (Å²) < 4.78 is 11.3. The summed E-state index contributed by atoms with van der Waals surface area (Å²) in [7, 11) is 3.72. The summed E-state index contributed by atoms with van der Waals surface area (Å²) in [5.41, 5.74) is 8.28. The Kier molecular flexibility index (Phi) is 6.29. The summed E-state index contributed by atoms with van der Waals surface area (Å²) in [6, 6.07) is 16.2. The van der Waals surface area contributed by atoms with Crippen LogP contribution in [0.25, 0.3) is 0 Å². The van der Waals surface area contributed by atoms with Crippen LogP contribution >= 0.6 is 0 Å². The van der Waals surface area contributed by atoms with Gasteiger partial charge in [0.25, 0.3) is 0 Å². The maximum absolute atomic E-state index is 6.08. The van der Waals surface area contributed by atoms with E-state index in [-0.39, 0.29) is 6.04 Å². The lowest BCUT2D eigenvalue weighted by Crippen LogP contribution is -2.30. The number of para-hydroxylation sites is 1. The number of benzene rings is 2. The van der Waals surface area contributed by atoms with Gasteiger partial charge in [0, 0.05) is 30.9 Å². The van der Waals surface area contributed by atoms with E-state index < -0.39 is 0 Å². The quantitative estimate of drug-likeness (QED) is 0.808. The first-order chi connectivity index (χ1) is 11.2. The molecule has 0 spiro atoms. The molecule has 0 aliphatic carbocycles. The number of hydrogen-bond donors (Lipinski definition) is 1. The molecule has 0 fully saturated rings. The largest absolute Gasteiger partial charge is 0.497 e. The Balaban J connectivity index is 2.36. The van der Waals surface area contributed by atoms with Gasteiger partial charge in [0.05, 0.1) is 19.8 Å². The second-order valence-electron chi connectivity index (χ2n) is 5.45. The minimum absolute atomic E-state index is 0.0372. The molecular weight excluding hydrogens is 288 g/mol. The van der Waals surface area contributed by atoms with Crippen LogP contribution < -0.4 is 20.1 Å². The van der Waals surface area contributed by atoms with E-state index in [1.165, 1.54) is 0 Å². The highest BCUT2D eigenvalue weighted by Gasteiger charge is 2.20. The molecule has 23 heavy (non-hydrogen) atoms. The van der Waals surface area contributed by atoms with Gasteiger partial charge >= 0.3 is 0 Å². The van der Waals surface area contributed by atoms with E-state index in [0.29, 0.717) is 13.2 Å². The van der Waals surface area contributed by atoms with Gasteiger partial charge in [-0.25, -0.2) is 0 Å². The van der Waals surface area contributed by atoms with E-state index in [1.54, 1.807) is 7.11 Å². The van der Waals surface area contributed by atoms with Crippen LogP contribution in [0.2, 0.25) is 0 Å². The minimum Gasteiger partial charge on any atom is -0.497 e. The van der Waals surface area contributed by atoms with E-state index in [0.717, 1.165) is 29.2 Å². The van der Waals surface area contributed by atoms with Crippen molar-refractivity contribution in [2.45, 2.75) is 19.4 Å². The number of nitrogens with two attached hydrogens (primary N) is 1. The number of anilines is 1. The molecule has 0 bridgehead atoms. The first kappa shape index (κ1) is 17.2. The Morgan fingerprint density at radius 2 is 1.87 bits per heavy atom. The summed E-state index contributed by atoms with van der Waals surface area (Å²) in [4.78, 5) is 2.18. The molecule has 0 saturated heterocycles. The molecular formula is C19H26N2O2. The van der Waals surface area contributed by atoms with Gasteiger partial charge in [-0.2, -0.15) is 0 Å². The molecule has 1 atom stereocenters. The third kappa shape index (κ3) is 4.17. The van der Waals surface area contributed by atoms with Crippen LogP contribution in [-0.4, -0.2) is 27.3 Å². The Morgan fingerprint density at radius 1 is 1.13 bits per heavy atom. The third-order valence-corrected chi connectivity index (χ3v) is 3.90. The molecule has 2 rings (SSSR count). The zero-order valence-electron chi connectivity index (χ0n) is 14.2. The molecule has 0 radical (unpaired) electrons. The van der Waals surface area contributed by atoms with Crippen molar-refractivity contribution in [1.82, 2.24) is 0 Å². The lowest BCUT2D eigenvalue weighted by molar-refractivity contribution is 0.309. The van der Waals surface area contributed by atoms with E-state index >= 15 is 0 Å². The van der Waals surface area contributed by atoms with Crippen LogP contribution in [0, 0.1) is 0 Å². The maximum atomic E-state index is 6.08. The fraction of sp³-hybridized carbons (Fsp3) is 0.368. The number of rotatable bonds is 8. The molecule has 1 unspecified atom stereocenters. The predicted octanol–water partition coefficient (Wildman–Crippen LogP) is 3.62. The molecule has 2 aromatic carbocycles. The Hall–Kier alpha value is -2.20. The molecule has 0 amide bonds. The summed E-state index contributed by atoms with van der Waals surface area (Å²) in [6.45, 7) is 3.27. The Labute approximate surface area is 138 Å². The summed E-state index contributed by atoms with van der Waals surface area (Å²) in [6.07, 6.45) is 0.957. The zero-order valence-corrected chi connectivity index (χ0v) is 14.2. The van der Waals surface area contributed by atoms with Crippen molar-refractivity contribution in [3.8, 4) is 11.5 Å². The second-order valence-corrected chi connectivity index (χ2v) is 5.45. The monoisotopic (exact) mass is 314 g/mol. The highest BCUT2D eigenvalue weighted by molar-refractivity contribution is 5.51. The molecule has 0 heterocycles. The summed E-state index contributed by atoms with van der Waals surface area (Å²) in [5.74, 6) is 1.63. The highest BCUT2D eigenvalue weighted by Crippen LogP contribution is 2.34. The van der Waals surface area contributed by atoms with Crippen LogP contribution in [0.15, 0.2) is 48.5 Å². The van der Waals surface area contributed by atoms with Gasteiger partial charge in [-0.3, -0.25) is 0 Å². The number of likely N-dealkylation sites (N-methyl/N-ethyl adjacent to an activating group) is 1. The maximum Gasteiger partial charge on any atom is 0.128 e. The fourth-order valence-corrected chi connectivity index (χ4v) is 2.59. The van der Waals surface area contributed by atoms with Crippen molar-refractivity contribution in [3.63, 3.8) is 0 Å². The van der Waals surface area contributed by atoms with Crippen molar-refractivity contribution < 1.29 is 9.47 Å². The summed E-state index contributed by atoms with van der Waals surface area (Å²) in [5, 5.41) is 0. The van der Waals surface area contributed by atoms with Crippen LogP contribution in [0.4, 0.5) is 5.69 Å². The molecule has 2 N–H and O–H groups in total. The van der Waals surface area contributed by atoms with Gasteiger partial charge in [-0.15, -0.1) is 0 Å². The number of hydrogen-bond acceptors (Lipinski definition) is 4. The van der Waals surface area contributed by atoms with E-state index in [4.69, 9.17) is 15.2 Å². The van der Waals surface area contributed by atoms with Crippen molar-refractivity contribution in [3.05, 3.63) is 54.1 Å². The van der Waals surface area contributed by atoms with Gasteiger partial charge in [0.15, 0.2) is 0 Å². The van der Waals surface area contributed by atoms with E-state index in [9.17, 15) is 0 Å². The van der Waals surface area contributed by atoms with Gasteiger partial charge in [0.2, 0.25) is 0 Å². The highest BCUT2D eigenvalue weighted by atomic mass is 16.5. The van der Waals surface area contributed by atoms with Gasteiger partial charge in [-0.1, -0.05) is 25.1 Å². The first-order valence-corrected chi connectivity index (χ1v) is 8.00. The van der Waals surface area contributed by atoms with Crippen LogP contribution in [0.3, 0.4) is 0 Å². The van der Waals surface area contributed by atoms with Crippen molar-refractivity contribution in [1.29, 1.82) is 0 Å². The van der Waals surface area contributed by atoms with Crippen LogP contribution in [-0.2, 0) is 0 Å². The SMILES string of the molecule is CCCOc1cc(OC)ccc1C(CN)N(C)c1ccccc1. The van der Waals surface area contributed by atoms with E-state index in [1.807, 2.05) is 36.4 Å². The second kappa shape index (κ2) is 8.44. The van der Waals surface area contributed by atoms with Crippen LogP contribution in [0.5, 0.6) is 11.5 Å². The Morgan fingerprint density at radius 3 is 2.48 bits per heavy atom. The number of methoxy groups -OCH3 is 1. The van der Waals surface area contributed by atoms with Crippen LogP contribution in [0.1, 0.15) is 24.9 Å². The smallest absolute Gasteiger partial charge is 0.128 e. The summed E-state index contributed by atoms with van der Waals surface area (Å²) >= 11 is 0. The standard InChI is InChI=1S/C19H26N2O2/c1-4-12-23-19-13-16(22-3)10-11-17(19)18(14-20)21(2)15-8-6-5-7-9-15/h5-11,13,18H,4,12,14,20H2,1-3H3. The molecule has 0 aliphatic heterocycles. The molecule has 2 aromatic rings. The van der Waals surface area contributed by atoms with Crippen molar-refractivity contribution >= 4 is 5.69 Å². The zero-order chi connectivity index (χ0) is 16.7. The molecule has 4 nitrogen and oxygen atoms in total. The fourth-order valence-electron chi connectivity index (χ4n) is 2.59. The lowest BCUT2D eigenvalue weighted by Gasteiger charge is -2.31.